The minimum Gasteiger partial charge on any atom is -0.497 e. The van der Waals surface area contributed by atoms with Crippen LogP contribution >= 0.6 is 11.3 Å². The minimum atomic E-state index is 0.0932. The molecule has 0 spiro atoms. The molecule has 2 heterocycles. The number of rotatable bonds is 7. The lowest BCUT2D eigenvalue weighted by atomic mass is 10.3. The van der Waals surface area contributed by atoms with Crippen LogP contribution in [0.3, 0.4) is 0 Å². The molecule has 0 aliphatic carbocycles. The summed E-state index contributed by atoms with van der Waals surface area (Å²) in [6, 6.07) is 7.63. The van der Waals surface area contributed by atoms with Gasteiger partial charge in [0.25, 0.3) is 0 Å². The zero-order valence-electron chi connectivity index (χ0n) is 13.8. The molecule has 24 heavy (non-hydrogen) atoms. The number of aromatic nitrogens is 3. The van der Waals surface area contributed by atoms with Crippen LogP contribution in [-0.2, 0) is 11.3 Å². The van der Waals surface area contributed by atoms with E-state index in [2.05, 4.69) is 10.1 Å². The molecule has 6 nitrogen and oxygen atoms in total. The van der Waals surface area contributed by atoms with Gasteiger partial charge >= 0.3 is 0 Å². The van der Waals surface area contributed by atoms with Crippen molar-refractivity contribution in [3.8, 4) is 5.75 Å². The van der Waals surface area contributed by atoms with Gasteiger partial charge < -0.3 is 4.74 Å². The number of carbonyl (C=O) groups is 1. The molecule has 7 heteroatoms. The van der Waals surface area contributed by atoms with E-state index >= 15 is 0 Å². The van der Waals surface area contributed by atoms with Gasteiger partial charge in [-0.3, -0.25) is 14.4 Å². The summed E-state index contributed by atoms with van der Waals surface area (Å²) in [5.41, 5.74) is 0.879. The Morgan fingerprint density at radius 1 is 1.42 bits per heavy atom. The number of hydrogen-bond acceptors (Lipinski definition) is 5. The number of fused-ring (bicyclic) bond motifs is 1. The standard InChI is InChI=1S/C17H20N4O2S/c1-3-5-16(22)21(11-10-20-9-4-8-18-20)17-19-14-7-6-13(23-2)12-15(14)24-17/h4,6-9,12H,3,5,10-11H2,1-2H3. The average Bonchev–Trinajstić information content (AvgIpc) is 3.23. The number of carbonyl (C=O) groups excluding carboxylic acids is 1. The predicted octanol–water partition coefficient (Wildman–Crippen LogP) is 3.33. The van der Waals surface area contributed by atoms with Crippen molar-refractivity contribution in [2.45, 2.75) is 26.3 Å². The molecule has 3 rings (SSSR count). The maximum atomic E-state index is 12.5. The van der Waals surface area contributed by atoms with E-state index in [-0.39, 0.29) is 5.91 Å². The Morgan fingerprint density at radius 2 is 2.29 bits per heavy atom. The van der Waals surface area contributed by atoms with Crippen molar-refractivity contribution in [3.63, 3.8) is 0 Å². The third-order valence-electron chi connectivity index (χ3n) is 3.69. The van der Waals surface area contributed by atoms with Gasteiger partial charge in [-0.1, -0.05) is 18.3 Å². The van der Waals surface area contributed by atoms with Gasteiger partial charge in [-0.25, -0.2) is 4.98 Å². The summed E-state index contributed by atoms with van der Waals surface area (Å²) in [6.07, 6.45) is 4.96. The van der Waals surface area contributed by atoms with Gasteiger partial charge in [0.15, 0.2) is 5.13 Å². The quantitative estimate of drug-likeness (QED) is 0.659. The highest BCUT2D eigenvalue weighted by Gasteiger charge is 2.19. The van der Waals surface area contributed by atoms with Gasteiger partial charge in [-0.15, -0.1) is 0 Å². The van der Waals surface area contributed by atoms with E-state index in [9.17, 15) is 4.79 Å². The number of ether oxygens (including phenoxy) is 1. The molecule has 0 saturated heterocycles. The molecule has 0 atom stereocenters. The van der Waals surface area contributed by atoms with Gasteiger partial charge in [0.2, 0.25) is 5.91 Å². The normalized spacial score (nSPS) is 10.9. The Bertz CT molecular complexity index is 813. The topological polar surface area (TPSA) is 60.2 Å². The first-order valence-corrected chi connectivity index (χ1v) is 8.75. The van der Waals surface area contributed by atoms with Crippen molar-refractivity contribution in [2.24, 2.45) is 0 Å². The lowest BCUT2D eigenvalue weighted by molar-refractivity contribution is -0.118. The van der Waals surface area contributed by atoms with Crippen molar-refractivity contribution in [3.05, 3.63) is 36.7 Å². The molecular formula is C17H20N4O2S. The van der Waals surface area contributed by atoms with Crippen LogP contribution in [-0.4, -0.2) is 34.3 Å². The van der Waals surface area contributed by atoms with E-state index < -0.39 is 0 Å². The lowest BCUT2D eigenvalue weighted by Crippen LogP contribution is -2.33. The number of thiazole rings is 1. The van der Waals surface area contributed by atoms with Crippen LogP contribution in [0.25, 0.3) is 10.2 Å². The van der Waals surface area contributed by atoms with Crippen LogP contribution in [0.4, 0.5) is 5.13 Å². The maximum Gasteiger partial charge on any atom is 0.228 e. The fourth-order valence-corrected chi connectivity index (χ4v) is 3.48. The highest BCUT2D eigenvalue weighted by Crippen LogP contribution is 2.31. The largest absolute Gasteiger partial charge is 0.497 e. The van der Waals surface area contributed by atoms with Gasteiger partial charge in [0.1, 0.15) is 5.75 Å². The van der Waals surface area contributed by atoms with Gasteiger partial charge in [-0.05, 0) is 30.7 Å². The smallest absolute Gasteiger partial charge is 0.228 e. The first-order valence-electron chi connectivity index (χ1n) is 7.93. The van der Waals surface area contributed by atoms with Crippen molar-refractivity contribution >= 4 is 32.6 Å². The molecule has 0 N–H and O–H groups in total. The number of methoxy groups -OCH3 is 1. The van der Waals surface area contributed by atoms with Gasteiger partial charge in [0.05, 0.1) is 23.9 Å². The highest BCUT2D eigenvalue weighted by atomic mass is 32.1. The summed E-state index contributed by atoms with van der Waals surface area (Å²) in [7, 11) is 1.64. The molecule has 0 aliphatic heterocycles. The molecule has 0 fully saturated rings. The van der Waals surface area contributed by atoms with Crippen LogP contribution in [0, 0.1) is 0 Å². The number of hydrogen-bond donors (Lipinski definition) is 0. The SMILES string of the molecule is CCCC(=O)N(CCn1cccn1)c1nc2ccc(OC)cc2s1. The Balaban J connectivity index is 1.87. The third kappa shape index (κ3) is 3.56. The second-order valence-electron chi connectivity index (χ2n) is 5.39. The Hall–Kier alpha value is -2.41. The summed E-state index contributed by atoms with van der Waals surface area (Å²) in [5.74, 6) is 0.886. The predicted molar refractivity (Wildman–Crippen MR) is 95.7 cm³/mol. The minimum absolute atomic E-state index is 0.0932. The zero-order valence-corrected chi connectivity index (χ0v) is 14.6. The van der Waals surface area contributed by atoms with Crippen LogP contribution in [0.1, 0.15) is 19.8 Å². The van der Waals surface area contributed by atoms with Crippen LogP contribution in [0.2, 0.25) is 0 Å². The second-order valence-corrected chi connectivity index (χ2v) is 6.40. The Morgan fingerprint density at radius 3 is 3.00 bits per heavy atom. The van der Waals surface area contributed by atoms with Crippen LogP contribution in [0.15, 0.2) is 36.7 Å². The van der Waals surface area contributed by atoms with E-state index in [0.717, 1.165) is 27.5 Å². The Labute approximate surface area is 144 Å². The summed E-state index contributed by atoms with van der Waals surface area (Å²) < 4.78 is 8.10. The monoisotopic (exact) mass is 344 g/mol. The number of anilines is 1. The molecule has 2 aromatic heterocycles. The molecule has 1 aromatic carbocycles. The molecule has 0 unspecified atom stereocenters. The first kappa shape index (κ1) is 16.4. The fraction of sp³-hybridized carbons (Fsp3) is 0.353. The van der Waals surface area contributed by atoms with Crippen LogP contribution in [0.5, 0.6) is 5.75 Å². The van der Waals surface area contributed by atoms with E-state index in [4.69, 9.17) is 4.74 Å². The third-order valence-corrected chi connectivity index (χ3v) is 4.73. The molecule has 1 amide bonds. The molecule has 3 aromatic rings. The molecular weight excluding hydrogens is 324 g/mol. The van der Waals surface area contributed by atoms with Crippen LogP contribution < -0.4 is 9.64 Å². The van der Waals surface area contributed by atoms with E-state index in [0.29, 0.717) is 19.5 Å². The van der Waals surface area contributed by atoms with Crippen molar-refractivity contribution in [1.29, 1.82) is 0 Å². The second kappa shape index (κ2) is 7.44. The summed E-state index contributed by atoms with van der Waals surface area (Å²) in [4.78, 5) is 18.9. The first-order chi connectivity index (χ1) is 11.7. The summed E-state index contributed by atoms with van der Waals surface area (Å²) in [6.45, 7) is 3.20. The van der Waals surface area contributed by atoms with Crippen molar-refractivity contribution < 1.29 is 9.53 Å². The zero-order chi connectivity index (χ0) is 16.9. The van der Waals surface area contributed by atoms with E-state index in [1.807, 2.05) is 42.1 Å². The molecule has 0 aliphatic rings. The van der Waals surface area contributed by atoms with Crippen molar-refractivity contribution in [1.82, 2.24) is 14.8 Å². The average molecular weight is 344 g/mol. The van der Waals surface area contributed by atoms with E-state index in [1.165, 1.54) is 11.3 Å². The summed E-state index contributed by atoms with van der Waals surface area (Å²) in [5, 5.41) is 4.92. The highest BCUT2D eigenvalue weighted by molar-refractivity contribution is 7.22. The fourth-order valence-electron chi connectivity index (χ4n) is 2.45. The maximum absolute atomic E-state index is 12.5. The number of benzene rings is 1. The molecule has 0 bridgehead atoms. The molecule has 126 valence electrons. The molecule has 0 radical (unpaired) electrons. The number of amides is 1. The lowest BCUT2D eigenvalue weighted by Gasteiger charge is -2.19. The van der Waals surface area contributed by atoms with Crippen molar-refractivity contribution in [2.75, 3.05) is 18.6 Å². The molecule has 0 saturated carbocycles. The van der Waals surface area contributed by atoms with E-state index in [1.54, 1.807) is 18.2 Å². The Kier molecular flexibility index (Phi) is 5.10. The number of nitrogens with zero attached hydrogens (tertiary/aromatic N) is 4. The van der Waals surface area contributed by atoms with Gasteiger partial charge in [-0.2, -0.15) is 5.10 Å². The summed E-state index contributed by atoms with van der Waals surface area (Å²) >= 11 is 1.51. The van der Waals surface area contributed by atoms with Gasteiger partial charge in [0, 0.05) is 25.4 Å².